The van der Waals surface area contributed by atoms with Gasteiger partial charge in [-0.05, 0) is 17.8 Å². The zero-order chi connectivity index (χ0) is 9.97. The van der Waals surface area contributed by atoms with Crippen molar-refractivity contribution in [3.63, 3.8) is 0 Å². The lowest BCUT2D eigenvalue weighted by Crippen LogP contribution is -2.49. The van der Waals surface area contributed by atoms with Crippen molar-refractivity contribution in [2.24, 2.45) is 10.7 Å². The van der Waals surface area contributed by atoms with E-state index in [1.54, 1.807) is 0 Å². The fraction of sp³-hybridized carbons (Fsp3) is 0.111. The maximum atomic E-state index is 5.56. The van der Waals surface area contributed by atoms with E-state index in [1.165, 1.54) is 0 Å². The maximum Gasteiger partial charge on any atom is 0.197 e. The summed E-state index contributed by atoms with van der Waals surface area (Å²) in [6.07, 6.45) is -0.176. The van der Waals surface area contributed by atoms with Crippen LogP contribution in [0.5, 0.6) is 0 Å². The molecular formula is C9H10N4S. The summed E-state index contributed by atoms with van der Waals surface area (Å²) < 4.78 is 0. The summed E-state index contributed by atoms with van der Waals surface area (Å²) in [5.41, 5.74) is 6.61. The van der Waals surface area contributed by atoms with Crippen LogP contribution in [0.3, 0.4) is 0 Å². The van der Waals surface area contributed by atoms with E-state index in [-0.39, 0.29) is 6.17 Å². The highest BCUT2D eigenvalue weighted by Crippen LogP contribution is 2.14. The average Bonchev–Trinajstić information content (AvgIpc) is 2.18. The summed E-state index contributed by atoms with van der Waals surface area (Å²) in [5, 5.41) is 6.25. The highest BCUT2D eigenvalue weighted by atomic mass is 32.1. The van der Waals surface area contributed by atoms with Crippen molar-refractivity contribution in [1.82, 2.24) is 10.6 Å². The van der Waals surface area contributed by atoms with Crippen LogP contribution in [-0.2, 0) is 0 Å². The molecule has 0 spiro atoms. The van der Waals surface area contributed by atoms with Gasteiger partial charge >= 0.3 is 0 Å². The molecule has 0 bridgehead atoms. The number of hydrogen-bond donors (Lipinski definition) is 3. The first kappa shape index (κ1) is 8.96. The zero-order valence-corrected chi connectivity index (χ0v) is 8.21. The van der Waals surface area contributed by atoms with Crippen molar-refractivity contribution in [2.45, 2.75) is 6.17 Å². The molecule has 0 fully saturated rings. The first-order chi connectivity index (χ1) is 6.75. The van der Waals surface area contributed by atoms with Crippen LogP contribution in [0.2, 0.25) is 0 Å². The predicted molar refractivity (Wildman–Crippen MR) is 59.7 cm³/mol. The van der Waals surface area contributed by atoms with Crippen LogP contribution < -0.4 is 16.4 Å². The molecule has 0 saturated heterocycles. The van der Waals surface area contributed by atoms with E-state index in [0.717, 1.165) is 5.56 Å². The van der Waals surface area contributed by atoms with E-state index >= 15 is 0 Å². The maximum absolute atomic E-state index is 5.56. The largest absolute Gasteiger partial charge is 0.370 e. The Balaban J connectivity index is 2.28. The van der Waals surface area contributed by atoms with Gasteiger partial charge in [0.05, 0.1) is 0 Å². The molecule has 1 aliphatic rings. The number of nitrogens with two attached hydrogens (primary N) is 1. The van der Waals surface area contributed by atoms with Gasteiger partial charge in [0, 0.05) is 0 Å². The normalized spacial score (nSPS) is 20.7. The Hall–Kier alpha value is -1.62. The van der Waals surface area contributed by atoms with Crippen molar-refractivity contribution >= 4 is 23.3 Å². The molecule has 0 aliphatic carbocycles. The SMILES string of the molecule is NC1=N[C@@H](c2ccccc2)NC(=S)N1. The summed E-state index contributed by atoms with van der Waals surface area (Å²) >= 11 is 4.98. The van der Waals surface area contributed by atoms with E-state index in [2.05, 4.69) is 15.6 Å². The summed E-state index contributed by atoms with van der Waals surface area (Å²) in [6.45, 7) is 0. The van der Waals surface area contributed by atoms with Crippen LogP contribution >= 0.6 is 12.2 Å². The molecule has 1 heterocycles. The third-order valence-electron chi connectivity index (χ3n) is 1.89. The van der Waals surface area contributed by atoms with Crippen molar-refractivity contribution in [2.75, 3.05) is 0 Å². The zero-order valence-electron chi connectivity index (χ0n) is 7.40. The van der Waals surface area contributed by atoms with Crippen LogP contribution in [0.15, 0.2) is 35.3 Å². The Morgan fingerprint density at radius 1 is 1.29 bits per heavy atom. The van der Waals surface area contributed by atoms with E-state index < -0.39 is 0 Å². The smallest absolute Gasteiger partial charge is 0.197 e. The molecule has 1 atom stereocenters. The van der Waals surface area contributed by atoms with Gasteiger partial charge < -0.3 is 16.4 Å². The summed E-state index contributed by atoms with van der Waals surface area (Å²) in [5.74, 6) is 0.350. The molecular weight excluding hydrogens is 196 g/mol. The molecule has 72 valence electrons. The van der Waals surface area contributed by atoms with Gasteiger partial charge in [-0.1, -0.05) is 30.3 Å². The van der Waals surface area contributed by atoms with E-state index in [1.807, 2.05) is 30.3 Å². The number of rotatable bonds is 1. The average molecular weight is 206 g/mol. The molecule has 4 nitrogen and oxygen atoms in total. The van der Waals surface area contributed by atoms with Gasteiger partial charge in [0.25, 0.3) is 0 Å². The Morgan fingerprint density at radius 2 is 2.00 bits per heavy atom. The lowest BCUT2D eigenvalue weighted by Gasteiger charge is -2.22. The number of thiocarbonyl (C=S) groups is 1. The Labute approximate surface area is 87.2 Å². The van der Waals surface area contributed by atoms with E-state index in [4.69, 9.17) is 18.0 Å². The number of nitrogens with one attached hydrogen (secondary N) is 2. The lowest BCUT2D eigenvalue weighted by molar-refractivity contribution is 0.660. The summed E-state index contributed by atoms with van der Waals surface area (Å²) in [7, 11) is 0. The molecule has 5 heteroatoms. The molecule has 0 saturated carbocycles. The fourth-order valence-corrected chi connectivity index (χ4v) is 1.49. The third-order valence-corrected chi connectivity index (χ3v) is 2.11. The summed E-state index contributed by atoms with van der Waals surface area (Å²) in [6, 6.07) is 9.81. The minimum atomic E-state index is -0.176. The second-order valence-electron chi connectivity index (χ2n) is 2.93. The third kappa shape index (κ3) is 1.82. The Kier molecular flexibility index (Phi) is 2.32. The van der Waals surface area contributed by atoms with Crippen LogP contribution in [0, 0.1) is 0 Å². The quantitative estimate of drug-likeness (QED) is 0.585. The summed E-state index contributed by atoms with van der Waals surface area (Å²) in [4.78, 5) is 4.19. The van der Waals surface area contributed by atoms with Crippen molar-refractivity contribution in [3.05, 3.63) is 35.9 Å². The van der Waals surface area contributed by atoms with Gasteiger partial charge in [0.1, 0.15) is 6.17 Å². The lowest BCUT2D eigenvalue weighted by atomic mass is 10.2. The fourth-order valence-electron chi connectivity index (χ4n) is 1.27. The minimum Gasteiger partial charge on any atom is -0.370 e. The number of nitrogens with zero attached hydrogens (tertiary/aromatic N) is 1. The van der Waals surface area contributed by atoms with Crippen LogP contribution in [0.4, 0.5) is 0 Å². The van der Waals surface area contributed by atoms with Crippen LogP contribution in [-0.4, -0.2) is 11.1 Å². The Morgan fingerprint density at radius 3 is 2.64 bits per heavy atom. The predicted octanol–water partition coefficient (Wildman–Crippen LogP) is 0.478. The molecule has 0 amide bonds. The van der Waals surface area contributed by atoms with Gasteiger partial charge in [0.15, 0.2) is 11.1 Å². The standard InChI is InChI=1S/C9H10N4S/c10-8-11-7(12-9(14)13-8)6-4-2-1-3-5-6/h1-5,7H,(H4,10,11,12,13,14)/t7-/m1/s1. The van der Waals surface area contributed by atoms with E-state index in [0.29, 0.717) is 11.1 Å². The number of guanidine groups is 1. The Bertz CT molecular complexity index is 374. The topological polar surface area (TPSA) is 62.4 Å². The van der Waals surface area contributed by atoms with E-state index in [9.17, 15) is 0 Å². The van der Waals surface area contributed by atoms with Crippen LogP contribution in [0.1, 0.15) is 11.7 Å². The molecule has 2 rings (SSSR count). The van der Waals surface area contributed by atoms with Gasteiger partial charge in [-0.15, -0.1) is 0 Å². The van der Waals surface area contributed by atoms with Gasteiger partial charge in [-0.2, -0.15) is 0 Å². The highest BCUT2D eigenvalue weighted by molar-refractivity contribution is 7.80. The second-order valence-corrected chi connectivity index (χ2v) is 3.33. The molecule has 1 aliphatic heterocycles. The molecule has 1 aromatic carbocycles. The molecule has 0 radical (unpaired) electrons. The molecule has 14 heavy (non-hydrogen) atoms. The first-order valence-corrected chi connectivity index (χ1v) is 4.62. The van der Waals surface area contributed by atoms with Crippen molar-refractivity contribution in [1.29, 1.82) is 0 Å². The van der Waals surface area contributed by atoms with Crippen molar-refractivity contribution < 1.29 is 0 Å². The minimum absolute atomic E-state index is 0.176. The number of aliphatic imine (C=N–C) groups is 1. The molecule has 4 N–H and O–H groups in total. The van der Waals surface area contributed by atoms with Gasteiger partial charge in [-0.3, -0.25) is 0 Å². The van der Waals surface area contributed by atoms with Crippen molar-refractivity contribution in [3.8, 4) is 0 Å². The highest BCUT2D eigenvalue weighted by Gasteiger charge is 2.16. The second kappa shape index (κ2) is 3.63. The first-order valence-electron chi connectivity index (χ1n) is 4.21. The molecule has 0 aromatic heterocycles. The number of hydrogen-bond acceptors (Lipinski definition) is 3. The monoisotopic (exact) mass is 206 g/mol. The van der Waals surface area contributed by atoms with Gasteiger partial charge in [-0.25, -0.2) is 4.99 Å². The molecule has 0 unspecified atom stereocenters. The van der Waals surface area contributed by atoms with Gasteiger partial charge in [0.2, 0.25) is 0 Å². The molecule has 1 aromatic rings. The number of benzene rings is 1. The van der Waals surface area contributed by atoms with Crippen LogP contribution in [0.25, 0.3) is 0 Å².